The molecule has 1 saturated heterocycles. The molecule has 1 aliphatic heterocycles. The first-order chi connectivity index (χ1) is 7.54. The molecule has 2 fully saturated rings. The van der Waals surface area contributed by atoms with Gasteiger partial charge in [0, 0.05) is 12.6 Å². The first-order valence-corrected chi connectivity index (χ1v) is 5.78. The van der Waals surface area contributed by atoms with E-state index in [9.17, 15) is 14.7 Å². The third-order valence-corrected chi connectivity index (χ3v) is 3.69. The first kappa shape index (κ1) is 11.2. The molecule has 4 nitrogen and oxygen atoms in total. The molecule has 0 bridgehead atoms. The van der Waals surface area contributed by atoms with Crippen molar-refractivity contribution >= 4 is 11.9 Å². The van der Waals surface area contributed by atoms with Gasteiger partial charge in [-0.1, -0.05) is 5.57 Å². The van der Waals surface area contributed by atoms with Crippen molar-refractivity contribution in [2.75, 3.05) is 6.54 Å². The zero-order chi connectivity index (χ0) is 11.8. The lowest BCUT2D eigenvalue weighted by molar-refractivity contribution is -0.153. The Morgan fingerprint density at radius 1 is 1.38 bits per heavy atom. The van der Waals surface area contributed by atoms with E-state index >= 15 is 0 Å². The van der Waals surface area contributed by atoms with Gasteiger partial charge in [-0.15, -0.1) is 0 Å². The number of likely N-dealkylation sites (tertiary alicyclic amines) is 1. The molecule has 16 heavy (non-hydrogen) atoms. The fourth-order valence-corrected chi connectivity index (χ4v) is 2.32. The minimum absolute atomic E-state index is 0.128. The van der Waals surface area contributed by atoms with Crippen molar-refractivity contribution in [2.45, 2.75) is 44.6 Å². The minimum atomic E-state index is -1.00. The van der Waals surface area contributed by atoms with E-state index in [4.69, 9.17) is 0 Å². The van der Waals surface area contributed by atoms with E-state index < -0.39 is 11.5 Å². The monoisotopic (exact) mass is 223 g/mol. The zero-order valence-electron chi connectivity index (χ0n) is 9.53. The molecule has 2 rings (SSSR count). The van der Waals surface area contributed by atoms with Crippen LogP contribution >= 0.6 is 0 Å². The summed E-state index contributed by atoms with van der Waals surface area (Å²) in [7, 11) is 0. The number of hydrogen-bond donors (Lipinski definition) is 1. The van der Waals surface area contributed by atoms with Crippen LogP contribution in [-0.4, -0.2) is 34.0 Å². The third kappa shape index (κ3) is 1.72. The number of carboxylic acid groups (broad SMARTS) is 1. The summed E-state index contributed by atoms with van der Waals surface area (Å²) >= 11 is 0. The van der Waals surface area contributed by atoms with E-state index in [1.54, 1.807) is 13.0 Å². The Balaban J connectivity index is 2.13. The number of nitrogens with zero attached hydrogens (tertiary/aromatic N) is 1. The Labute approximate surface area is 94.9 Å². The standard InChI is InChI=1S/C12H17NO3/c1-12(11(15)16)6-3-7-13(12)10(14)8-9-4-2-5-9/h8H,2-7H2,1H3,(H,15,16)/t12-/m1/s1. The Hall–Kier alpha value is -1.32. The van der Waals surface area contributed by atoms with E-state index in [0.717, 1.165) is 31.3 Å². The maximum absolute atomic E-state index is 12.0. The Morgan fingerprint density at radius 3 is 2.56 bits per heavy atom. The normalized spacial score (nSPS) is 28.8. The van der Waals surface area contributed by atoms with E-state index in [0.29, 0.717) is 13.0 Å². The summed E-state index contributed by atoms with van der Waals surface area (Å²) in [6.07, 6.45) is 6.09. The number of amides is 1. The Kier molecular flexibility index (Phi) is 2.74. The van der Waals surface area contributed by atoms with Gasteiger partial charge in [0.05, 0.1) is 0 Å². The summed E-state index contributed by atoms with van der Waals surface area (Å²) in [5.41, 5.74) is 0.155. The number of hydrogen-bond acceptors (Lipinski definition) is 2. The lowest BCUT2D eigenvalue weighted by Crippen LogP contribution is -2.50. The maximum Gasteiger partial charge on any atom is 0.329 e. The van der Waals surface area contributed by atoms with Gasteiger partial charge in [-0.3, -0.25) is 4.79 Å². The molecule has 1 heterocycles. The molecule has 4 heteroatoms. The Morgan fingerprint density at radius 2 is 2.06 bits per heavy atom. The lowest BCUT2D eigenvalue weighted by atomic mass is 9.91. The summed E-state index contributed by atoms with van der Waals surface area (Å²) in [5.74, 6) is -1.03. The van der Waals surface area contributed by atoms with Crippen LogP contribution in [0.2, 0.25) is 0 Å². The first-order valence-electron chi connectivity index (χ1n) is 5.78. The van der Waals surface area contributed by atoms with Crippen LogP contribution in [0.4, 0.5) is 0 Å². The van der Waals surface area contributed by atoms with Crippen molar-refractivity contribution in [1.82, 2.24) is 4.90 Å². The van der Waals surface area contributed by atoms with Crippen LogP contribution in [0.15, 0.2) is 11.6 Å². The molecule has 1 atom stereocenters. The molecule has 1 aliphatic carbocycles. The van der Waals surface area contributed by atoms with Gasteiger partial charge in [0.1, 0.15) is 5.54 Å². The third-order valence-electron chi connectivity index (χ3n) is 3.69. The molecule has 0 aromatic rings. The SMILES string of the molecule is C[C@]1(C(=O)O)CCCN1C(=O)C=C1CCC1. The second-order valence-corrected chi connectivity index (χ2v) is 4.83. The highest BCUT2D eigenvalue weighted by Gasteiger charge is 2.45. The molecular formula is C12H17NO3. The summed E-state index contributed by atoms with van der Waals surface area (Å²) in [6, 6.07) is 0. The lowest BCUT2D eigenvalue weighted by Gasteiger charge is -2.31. The van der Waals surface area contributed by atoms with Gasteiger partial charge < -0.3 is 10.0 Å². The predicted octanol–water partition coefficient (Wildman–Crippen LogP) is 1.56. The van der Waals surface area contributed by atoms with Gasteiger partial charge in [-0.05, 0) is 39.0 Å². The quantitative estimate of drug-likeness (QED) is 0.723. The number of carbonyl (C=O) groups is 2. The fourth-order valence-electron chi connectivity index (χ4n) is 2.32. The molecule has 0 aromatic heterocycles. The van der Waals surface area contributed by atoms with Crippen LogP contribution in [0.25, 0.3) is 0 Å². The van der Waals surface area contributed by atoms with Gasteiger partial charge in [0.15, 0.2) is 0 Å². The molecule has 2 aliphatic rings. The number of aliphatic carboxylic acids is 1. The van der Waals surface area contributed by atoms with Crippen LogP contribution in [0.1, 0.15) is 39.0 Å². The van der Waals surface area contributed by atoms with Crippen molar-refractivity contribution < 1.29 is 14.7 Å². The smallest absolute Gasteiger partial charge is 0.329 e. The second-order valence-electron chi connectivity index (χ2n) is 4.83. The van der Waals surface area contributed by atoms with Gasteiger partial charge in [0.2, 0.25) is 5.91 Å². The van der Waals surface area contributed by atoms with Crippen LogP contribution in [0.5, 0.6) is 0 Å². The van der Waals surface area contributed by atoms with Crippen molar-refractivity contribution in [2.24, 2.45) is 0 Å². The van der Waals surface area contributed by atoms with E-state index in [2.05, 4.69) is 0 Å². The number of rotatable bonds is 2. The molecule has 0 radical (unpaired) electrons. The highest BCUT2D eigenvalue weighted by molar-refractivity contribution is 5.94. The molecule has 1 saturated carbocycles. The molecular weight excluding hydrogens is 206 g/mol. The molecule has 0 aromatic carbocycles. The maximum atomic E-state index is 12.0. The van der Waals surface area contributed by atoms with E-state index in [1.165, 1.54) is 4.90 Å². The molecule has 1 N–H and O–H groups in total. The van der Waals surface area contributed by atoms with Crippen LogP contribution in [0, 0.1) is 0 Å². The van der Waals surface area contributed by atoms with Crippen molar-refractivity contribution in [3.63, 3.8) is 0 Å². The number of allylic oxidation sites excluding steroid dienone is 1. The summed E-state index contributed by atoms with van der Waals surface area (Å²) in [6.45, 7) is 2.20. The van der Waals surface area contributed by atoms with Gasteiger partial charge >= 0.3 is 5.97 Å². The molecule has 0 unspecified atom stereocenters. The molecule has 0 spiro atoms. The average molecular weight is 223 g/mol. The second kappa shape index (κ2) is 3.92. The van der Waals surface area contributed by atoms with Crippen LogP contribution in [0.3, 0.4) is 0 Å². The average Bonchev–Trinajstić information content (AvgIpc) is 2.55. The van der Waals surface area contributed by atoms with Crippen molar-refractivity contribution in [1.29, 1.82) is 0 Å². The highest BCUT2D eigenvalue weighted by atomic mass is 16.4. The molecule has 88 valence electrons. The Bertz CT molecular complexity index is 355. The van der Waals surface area contributed by atoms with E-state index in [-0.39, 0.29) is 5.91 Å². The largest absolute Gasteiger partial charge is 0.480 e. The summed E-state index contributed by atoms with van der Waals surface area (Å²) in [5, 5.41) is 9.18. The molecule has 1 amide bonds. The zero-order valence-corrected chi connectivity index (χ0v) is 9.53. The predicted molar refractivity (Wildman–Crippen MR) is 58.9 cm³/mol. The van der Waals surface area contributed by atoms with Gasteiger partial charge in [-0.25, -0.2) is 4.79 Å². The summed E-state index contributed by atoms with van der Waals surface area (Å²) in [4.78, 5) is 24.6. The van der Waals surface area contributed by atoms with Crippen molar-refractivity contribution in [3.05, 3.63) is 11.6 Å². The van der Waals surface area contributed by atoms with Crippen molar-refractivity contribution in [3.8, 4) is 0 Å². The topological polar surface area (TPSA) is 57.6 Å². The number of carbonyl (C=O) groups excluding carboxylic acids is 1. The fraction of sp³-hybridized carbons (Fsp3) is 0.667. The number of carboxylic acids is 1. The minimum Gasteiger partial charge on any atom is -0.480 e. The van der Waals surface area contributed by atoms with Crippen LogP contribution < -0.4 is 0 Å². The summed E-state index contributed by atoms with van der Waals surface area (Å²) < 4.78 is 0. The van der Waals surface area contributed by atoms with Gasteiger partial charge in [0.25, 0.3) is 0 Å². The van der Waals surface area contributed by atoms with Gasteiger partial charge in [-0.2, -0.15) is 0 Å². The highest BCUT2D eigenvalue weighted by Crippen LogP contribution is 2.31. The van der Waals surface area contributed by atoms with E-state index in [1.807, 2.05) is 0 Å². The van der Waals surface area contributed by atoms with Crippen LogP contribution in [-0.2, 0) is 9.59 Å².